The van der Waals surface area contributed by atoms with Gasteiger partial charge in [-0.1, -0.05) is 19.8 Å². The number of hydrogen-bond donors (Lipinski definition) is 0. The van der Waals surface area contributed by atoms with Gasteiger partial charge in [0, 0.05) is 12.1 Å². The van der Waals surface area contributed by atoms with E-state index >= 15 is 0 Å². The predicted octanol–water partition coefficient (Wildman–Crippen LogP) is 4.04. The second-order valence-electron chi connectivity index (χ2n) is 5.31. The molecular formula is C15H17F2NO. The Labute approximate surface area is 112 Å². The third kappa shape index (κ3) is 3.44. The van der Waals surface area contributed by atoms with Gasteiger partial charge < -0.3 is 4.74 Å². The number of rotatable bonds is 3. The van der Waals surface area contributed by atoms with Crippen molar-refractivity contribution in [2.24, 2.45) is 11.8 Å². The van der Waals surface area contributed by atoms with Crippen LogP contribution in [-0.2, 0) is 0 Å². The molecular weight excluding hydrogens is 248 g/mol. The van der Waals surface area contributed by atoms with Crippen LogP contribution >= 0.6 is 0 Å². The summed E-state index contributed by atoms with van der Waals surface area (Å²) in [4.78, 5) is 0. The molecule has 1 saturated carbocycles. The number of halogens is 2. The Bertz CT molecular complexity index is 464. The highest BCUT2D eigenvalue weighted by molar-refractivity contribution is 5.37. The Hall–Kier alpha value is -1.63. The number of benzene rings is 1. The number of nitriles is 1. The van der Waals surface area contributed by atoms with Crippen LogP contribution in [0, 0.1) is 34.8 Å². The molecule has 0 unspecified atom stereocenters. The van der Waals surface area contributed by atoms with Gasteiger partial charge in [-0.15, -0.1) is 0 Å². The number of ether oxygens (including phenoxy) is 1. The molecule has 0 heterocycles. The molecule has 1 aromatic carbocycles. The van der Waals surface area contributed by atoms with Crippen molar-refractivity contribution in [2.45, 2.75) is 32.6 Å². The largest absolute Gasteiger partial charge is 0.493 e. The molecule has 0 N–H and O–H groups in total. The fourth-order valence-corrected chi connectivity index (χ4v) is 2.45. The smallest absolute Gasteiger partial charge is 0.147 e. The molecule has 2 rings (SSSR count). The van der Waals surface area contributed by atoms with Crippen molar-refractivity contribution >= 4 is 0 Å². The Morgan fingerprint density at radius 2 is 1.79 bits per heavy atom. The normalized spacial score (nSPS) is 22.8. The minimum Gasteiger partial charge on any atom is -0.493 e. The van der Waals surface area contributed by atoms with Crippen LogP contribution in [0.5, 0.6) is 5.75 Å². The summed E-state index contributed by atoms with van der Waals surface area (Å²) >= 11 is 0. The average Bonchev–Trinajstić information content (AvgIpc) is 2.38. The van der Waals surface area contributed by atoms with Gasteiger partial charge >= 0.3 is 0 Å². The molecule has 0 spiro atoms. The van der Waals surface area contributed by atoms with Crippen molar-refractivity contribution in [3.8, 4) is 11.8 Å². The maximum absolute atomic E-state index is 13.4. The quantitative estimate of drug-likeness (QED) is 0.826. The maximum Gasteiger partial charge on any atom is 0.147 e. The van der Waals surface area contributed by atoms with Crippen molar-refractivity contribution in [3.63, 3.8) is 0 Å². The molecule has 0 bridgehead atoms. The van der Waals surface area contributed by atoms with E-state index in [2.05, 4.69) is 6.92 Å². The first-order valence-corrected chi connectivity index (χ1v) is 6.62. The standard InChI is InChI=1S/C15H17F2NO/c1-10-2-4-11(5-3-10)9-19-12-6-14(16)13(8-18)15(17)7-12/h6-7,10-11H,2-5,9H2,1H3. The van der Waals surface area contributed by atoms with Gasteiger partial charge in [-0.2, -0.15) is 5.26 Å². The van der Waals surface area contributed by atoms with E-state index in [0.29, 0.717) is 12.5 Å². The van der Waals surface area contributed by atoms with Crippen molar-refractivity contribution in [2.75, 3.05) is 6.61 Å². The van der Waals surface area contributed by atoms with Crippen LogP contribution in [0.4, 0.5) is 8.78 Å². The highest BCUT2D eigenvalue weighted by Crippen LogP contribution is 2.29. The van der Waals surface area contributed by atoms with Gasteiger partial charge in [-0.25, -0.2) is 8.78 Å². The highest BCUT2D eigenvalue weighted by Gasteiger charge is 2.19. The summed E-state index contributed by atoms with van der Waals surface area (Å²) in [6.45, 7) is 2.72. The monoisotopic (exact) mass is 265 g/mol. The Morgan fingerprint density at radius 3 is 2.32 bits per heavy atom. The van der Waals surface area contributed by atoms with Crippen LogP contribution in [0.1, 0.15) is 38.2 Å². The minimum absolute atomic E-state index is 0.160. The second kappa shape index (κ2) is 6.01. The first kappa shape index (κ1) is 13.8. The molecule has 0 saturated heterocycles. The predicted molar refractivity (Wildman–Crippen MR) is 67.7 cm³/mol. The maximum atomic E-state index is 13.4. The van der Waals surface area contributed by atoms with Crippen LogP contribution in [0.25, 0.3) is 0 Å². The highest BCUT2D eigenvalue weighted by atomic mass is 19.1. The molecule has 0 aliphatic heterocycles. The van der Waals surface area contributed by atoms with Gasteiger partial charge in [0.15, 0.2) is 0 Å². The van der Waals surface area contributed by atoms with Crippen LogP contribution < -0.4 is 4.74 Å². The van der Waals surface area contributed by atoms with Gasteiger partial charge in [-0.05, 0) is 24.7 Å². The van der Waals surface area contributed by atoms with E-state index in [1.165, 1.54) is 18.9 Å². The van der Waals surface area contributed by atoms with Crippen molar-refractivity contribution in [3.05, 3.63) is 29.3 Å². The lowest BCUT2D eigenvalue weighted by molar-refractivity contribution is 0.187. The number of nitrogens with zero attached hydrogens (tertiary/aromatic N) is 1. The van der Waals surface area contributed by atoms with Gasteiger partial charge in [0.05, 0.1) is 6.61 Å². The molecule has 1 aliphatic rings. The zero-order valence-electron chi connectivity index (χ0n) is 11.0. The second-order valence-corrected chi connectivity index (χ2v) is 5.31. The lowest BCUT2D eigenvalue weighted by Crippen LogP contribution is -2.18. The molecule has 0 amide bonds. The first-order valence-electron chi connectivity index (χ1n) is 6.62. The fraction of sp³-hybridized carbons (Fsp3) is 0.533. The summed E-state index contributed by atoms with van der Waals surface area (Å²) in [5, 5.41) is 8.58. The van der Waals surface area contributed by atoms with Crippen molar-refractivity contribution in [1.82, 2.24) is 0 Å². The Kier molecular flexibility index (Phi) is 4.36. The van der Waals surface area contributed by atoms with E-state index < -0.39 is 17.2 Å². The van der Waals surface area contributed by atoms with E-state index in [9.17, 15) is 8.78 Å². The minimum atomic E-state index is -0.866. The summed E-state index contributed by atoms with van der Waals surface area (Å²) in [5.41, 5.74) is -0.557. The Morgan fingerprint density at radius 1 is 1.21 bits per heavy atom. The summed E-state index contributed by atoms with van der Waals surface area (Å²) in [7, 11) is 0. The molecule has 19 heavy (non-hydrogen) atoms. The SMILES string of the molecule is CC1CCC(COc2cc(F)c(C#N)c(F)c2)CC1. The topological polar surface area (TPSA) is 33.0 Å². The van der Waals surface area contributed by atoms with Crippen LogP contribution in [-0.4, -0.2) is 6.61 Å². The lowest BCUT2D eigenvalue weighted by atomic mass is 9.83. The molecule has 0 atom stereocenters. The van der Waals surface area contributed by atoms with Crippen molar-refractivity contribution < 1.29 is 13.5 Å². The van der Waals surface area contributed by atoms with Crippen LogP contribution in [0.15, 0.2) is 12.1 Å². The molecule has 0 aromatic heterocycles. The Balaban J connectivity index is 1.95. The van der Waals surface area contributed by atoms with E-state index in [0.717, 1.165) is 30.9 Å². The molecule has 1 aliphatic carbocycles. The van der Waals surface area contributed by atoms with Gasteiger partial charge in [0.2, 0.25) is 0 Å². The fourth-order valence-electron chi connectivity index (χ4n) is 2.45. The molecule has 2 nitrogen and oxygen atoms in total. The van der Waals surface area contributed by atoms with Crippen LogP contribution in [0.3, 0.4) is 0 Å². The summed E-state index contributed by atoms with van der Waals surface area (Å²) in [6.07, 6.45) is 4.57. The summed E-state index contributed by atoms with van der Waals surface area (Å²) in [6, 6.07) is 3.65. The summed E-state index contributed by atoms with van der Waals surface area (Å²) in [5.74, 6) is -0.351. The summed E-state index contributed by atoms with van der Waals surface area (Å²) < 4.78 is 32.2. The third-order valence-electron chi connectivity index (χ3n) is 3.75. The molecule has 1 fully saturated rings. The lowest BCUT2D eigenvalue weighted by Gasteiger charge is -2.26. The molecule has 1 aromatic rings. The molecule has 102 valence electrons. The van der Waals surface area contributed by atoms with Gasteiger partial charge in [0.25, 0.3) is 0 Å². The van der Waals surface area contributed by atoms with Crippen LogP contribution in [0.2, 0.25) is 0 Å². The van der Waals surface area contributed by atoms with Gasteiger partial charge in [0.1, 0.15) is 29.0 Å². The zero-order valence-corrected chi connectivity index (χ0v) is 11.0. The first-order chi connectivity index (χ1) is 9.10. The third-order valence-corrected chi connectivity index (χ3v) is 3.75. The van der Waals surface area contributed by atoms with Gasteiger partial charge in [-0.3, -0.25) is 0 Å². The number of hydrogen-bond acceptors (Lipinski definition) is 2. The van der Waals surface area contributed by atoms with E-state index in [4.69, 9.17) is 10.00 Å². The van der Waals surface area contributed by atoms with E-state index in [1.54, 1.807) is 0 Å². The average molecular weight is 265 g/mol. The molecule has 4 heteroatoms. The zero-order chi connectivity index (χ0) is 13.8. The molecule has 0 radical (unpaired) electrons. The van der Waals surface area contributed by atoms with E-state index in [1.807, 2.05) is 0 Å². The van der Waals surface area contributed by atoms with Crippen molar-refractivity contribution in [1.29, 1.82) is 5.26 Å². The van der Waals surface area contributed by atoms with E-state index in [-0.39, 0.29) is 5.75 Å².